The molecule has 0 saturated carbocycles. The summed E-state index contributed by atoms with van der Waals surface area (Å²) in [7, 11) is 1.60. The molecule has 2 N–H and O–H groups in total. The zero-order valence-electron chi connectivity index (χ0n) is 16.2. The lowest BCUT2D eigenvalue weighted by Crippen LogP contribution is -2.36. The molecule has 154 valence electrons. The summed E-state index contributed by atoms with van der Waals surface area (Å²) < 4.78 is 6.75. The quantitative estimate of drug-likeness (QED) is 0.610. The first-order valence-corrected chi connectivity index (χ1v) is 9.92. The van der Waals surface area contributed by atoms with Crippen LogP contribution >= 0.6 is 23.2 Å². The fourth-order valence-electron chi connectivity index (χ4n) is 3.37. The number of carbonyl (C=O) groups is 2. The van der Waals surface area contributed by atoms with Crippen molar-refractivity contribution in [3.63, 3.8) is 0 Å². The van der Waals surface area contributed by atoms with Gasteiger partial charge in [-0.25, -0.2) is 4.68 Å². The lowest BCUT2D eigenvalue weighted by atomic mass is 10.1. The van der Waals surface area contributed by atoms with Crippen LogP contribution in [0, 0.1) is 6.92 Å². The van der Waals surface area contributed by atoms with E-state index in [9.17, 15) is 9.59 Å². The van der Waals surface area contributed by atoms with Crippen LogP contribution in [0.5, 0.6) is 5.75 Å². The van der Waals surface area contributed by atoms with Crippen molar-refractivity contribution in [2.75, 3.05) is 17.7 Å². The second-order valence-electron chi connectivity index (χ2n) is 6.88. The van der Waals surface area contributed by atoms with Crippen LogP contribution in [0.2, 0.25) is 10.0 Å². The van der Waals surface area contributed by atoms with Crippen LogP contribution in [-0.4, -0.2) is 28.7 Å². The summed E-state index contributed by atoms with van der Waals surface area (Å²) in [5.74, 6) is 0.582. The Bertz CT molecular complexity index is 1140. The highest BCUT2D eigenvalue weighted by atomic mass is 35.5. The average molecular weight is 445 g/mol. The molecular formula is C21H18Cl2N4O3. The number of carbonyl (C=O) groups excluding carboxylic acids is 2. The van der Waals surface area contributed by atoms with E-state index < -0.39 is 6.04 Å². The van der Waals surface area contributed by atoms with E-state index in [1.807, 2.05) is 31.2 Å². The molecule has 2 aromatic carbocycles. The van der Waals surface area contributed by atoms with Crippen molar-refractivity contribution in [1.82, 2.24) is 9.78 Å². The summed E-state index contributed by atoms with van der Waals surface area (Å²) in [6, 6.07) is 11.4. The van der Waals surface area contributed by atoms with Crippen LogP contribution in [-0.2, 0) is 9.59 Å². The van der Waals surface area contributed by atoms with E-state index in [0.717, 1.165) is 16.9 Å². The molecule has 0 saturated heterocycles. The van der Waals surface area contributed by atoms with E-state index in [1.165, 1.54) is 6.07 Å². The van der Waals surface area contributed by atoms with Crippen LogP contribution in [0.25, 0.3) is 11.3 Å². The Labute approximate surface area is 182 Å². The maximum absolute atomic E-state index is 13.0. The summed E-state index contributed by atoms with van der Waals surface area (Å²) in [4.78, 5) is 25.3. The largest absolute Gasteiger partial charge is 0.497 e. The Hall–Kier alpha value is -3.03. The van der Waals surface area contributed by atoms with Gasteiger partial charge in [-0.05, 0) is 49.4 Å². The molecule has 9 heteroatoms. The highest BCUT2D eigenvalue weighted by Gasteiger charge is 2.34. The number of hydrogen-bond acceptors (Lipinski definition) is 4. The summed E-state index contributed by atoms with van der Waals surface area (Å²) in [6.07, 6.45) is -0.0345. The van der Waals surface area contributed by atoms with Gasteiger partial charge in [-0.3, -0.25) is 9.59 Å². The zero-order valence-corrected chi connectivity index (χ0v) is 17.7. The molecule has 0 fully saturated rings. The SMILES string of the molecule is COc1ccc(-c2nn3c(c2C)NC(=O)C[C@H]3C(=O)Nc2ccc(Cl)cc2Cl)cc1. The number of anilines is 2. The number of nitrogens with zero attached hydrogens (tertiary/aromatic N) is 2. The highest BCUT2D eigenvalue weighted by molar-refractivity contribution is 6.36. The lowest BCUT2D eigenvalue weighted by molar-refractivity contribution is -0.125. The number of methoxy groups -OCH3 is 1. The van der Waals surface area contributed by atoms with Crippen LogP contribution in [0.15, 0.2) is 42.5 Å². The molecule has 7 nitrogen and oxygen atoms in total. The number of benzene rings is 2. The number of amides is 2. The van der Waals surface area contributed by atoms with E-state index in [2.05, 4.69) is 15.7 Å². The van der Waals surface area contributed by atoms with Crippen molar-refractivity contribution in [3.8, 4) is 17.0 Å². The molecule has 2 amide bonds. The molecule has 0 radical (unpaired) electrons. The predicted octanol–water partition coefficient (Wildman–Crippen LogP) is 4.70. The number of rotatable bonds is 4. The average Bonchev–Trinajstić information content (AvgIpc) is 3.06. The fourth-order valence-corrected chi connectivity index (χ4v) is 3.83. The third-order valence-electron chi connectivity index (χ3n) is 4.93. The number of halogens is 2. The third-order valence-corrected chi connectivity index (χ3v) is 5.48. The molecular weight excluding hydrogens is 427 g/mol. The molecule has 0 spiro atoms. The number of ether oxygens (including phenoxy) is 1. The normalized spacial score (nSPS) is 15.3. The maximum Gasteiger partial charge on any atom is 0.249 e. The molecule has 4 rings (SSSR count). The summed E-state index contributed by atoms with van der Waals surface area (Å²) in [5.41, 5.74) is 2.72. The van der Waals surface area contributed by atoms with Gasteiger partial charge < -0.3 is 15.4 Å². The van der Waals surface area contributed by atoms with Crippen molar-refractivity contribution >= 4 is 46.5 Å². The molecule has 1 aliphatic rings. The monoisotopic (exact) mass is 444 g/mol. The zero-order chi connectivity index (χ0) is 21.4. The minimum Gasteiger partial charge on any atom is -0.497 e. The Kier molecular flexibility index (Phi) is 5.40. The van der Waals surface area contributed by atoms with Gasteiger partial charge in [0.05, 0.1) is 29.9 Å². The summed E-state index contributed by atoms with van der Waals surface area (Å²) in [6.45, 7) is 1.86. The van der Waals surface area contributed by atoms with Gasteiger partial charge in [0.25, 0.3) is 0 Å². The van der Waals surface area contributed by atoms with Crippen LogP contribution in [0.1, 0.15) is 18.0 Å². The van der Waals surface area contributed by atoms with Crippen molar-refractivity contribution in [1.29, 1.82) is 0 Å². The smallest absolute Gasteiger partial charge is 0.249 e. The van der Waals surface area contributed by atoms with Crippen molar-refractivity contribution in [3.05, 3.63) is 58.1 Å². The predicted molar refractivity (Wildman–Crippen MR) is 116 cm³/mol. The Morgan fingerprint density at radius 1 is 1.23 bits per heavy atom. The Morgan fingerprint density at radius 2 is 1.97 bits per heavy atom. The van der Waals surface area contributed by atoms with Crippen molar-refractivity contribution < 1.29 is 14.3 Å². The molecule has 0 aliphatic carbocycles. The topological polar surface area (TPSA) is 85.2 Å². The molecule has 30 heavy (non-hydrogen) atoms. The van der Waals surface area contributed by atoms with E-state index >= 15 is 0 Å². The number of nitrogens with one attached hydrogen (secondary N) is 2. The number of fused-ring (bicyclic) bond motifs is 1. The molecule has 2 heterocycles. The molecule has 0 unspecified atom stereocenters. The van der Waals surface area contributed by atoms with E-state index in [1.54, 1.807) is 23.9 Å². The molecule has 1 aliphatic heterocycles. The third kappa shape index (κ3) is 3.74. The molecule has 3 aromatic rings. The minimum absolute atomic E-state index is 0.0345. The second kappa shape index (κ2) is 8.01. The second-order valence-corrected chi connectivity index (χ2v) is 7.72. The minimum atomic E-state index is -0.814. The van der Waals surface area contributed by atoms with Gasteiger partial charge in [0.2, 0.25) is 11.8 Å². The summed E-state index contributed by atoms with van der Waals surface area (Å²) >= 11 is 12.1. The van der Waals surface area contributed by atoms with Gasteiger partial charge >= 0.3 is 0 Å². The van der Waals surface area contributed by atoms with E-state index in [-0.39, 0.29) is 18.2 Å². The summed E-state index contributed by atoms with van der Waals surface area (Å²) in [5, 5.41) is 11.0. The first-order valence-electron chi connectivity index (χ1n) is 9.16. The first-order chi connectivity index (χ1) is 14.4. The Morgan fingerprint density at radius 3 is 2.63 bits per heavy atom. The number of aromatic nitrogens is 2. The van der Waals surface area contributed by atoms with Crippen molar-refractivity contribution in [2.24, 2.45) is 0 Å². The highest BCUT2D eigenvalue weighted by Crippen LogP contribution is 2.35. The van der Waals surface area contributed by atoms with Gasteiger partial charge in [-0.1, -0.05) is 23.2 Å². The standard InChI is InChI=1S/C21H18Cl2N4O3/c1-11-19(12-3-6-14(30-2)7-4-12)26-27-17(10-18(28)25-20(11)27)21(29)24-16-8-5-13(22)9-15(16)23/h3-9,17H,10H2,1-2H3,(H,24,29)(H,25,28)/t17-/m0/s1. The number of hydrogen-bond donors (Lipinski definition) is 2. The van der Waals surface area contributed by atoms with Gasteiger partial charge in [0.1, 0.15) is 17.6 Å². The van der Waals surface area contributed by atoms with Crippen LogP contribution in [0.4, 0.5) is 11.5 Å². The first kappa shape index (κ1) is 20.3. The lowest BCUT2D eigenvalue weighted by Gasteiger charge is -2.24. The Balaban J connectivity index is 1.68. The van der Waals surface area contributed by atoms with Crippen molar-refractivity contribution in [2.45, 2.75) is 19.4 Å². The van der Waals surface area contributed by atoms with Gasteiger partial charge in [0.15, 0.2) is 0 Å². The van der Waals surface area contributed by atoms with Crippen LogP contribution in [0.3, 0.4) is 0 Å². The van der Waals surface area contributed by atoms with Crippen LogP contribution < -0.4 is 15.4 Å². The van der Waals surface area contributed by atoms with E-state index in [0.29, 0.717) is 27.2 Å². The van der Waals surface area contributed by atoms with Gasteiger partial charge in [-0.2, -0.15) is 5.10 Å². The molecule has 1 atom stereocenters. The molecule has 1 aromatic heterocycles. The van der Waals surface area contributed by atoms with Gasteiger partial charge in [0, 0.05) is 16.1 Å². The fraction of sp³-hybridized carbons (Fsp3) is 0.190. The van der Waals surface area contributed by atoms with Gasteiger partial charge in [-0.15, -0.1) is 0 Å². The maximum atomic E-state index is 13.0. The van der Waals surface area contributed by atoms with E-state index in [4.69, 9.17) is 27.9 Å². The molecule has 0 bridgehead atoms.